The highest BCUT2D eigenvalue weighted by Gasteiger charge is 2.07. The summed E-state index contributed by atoms with van der Waals surface area (Å²) < 4.78 is 6.98. The zero-order chi connectivity index (χ0) is 15.2. The van der Waals surface area contributed by atoms with Gasteiger partial charge in [0.05, 0.1) is 7.11 Å². The second kappa shape index (κ2) is 6.92. The molecule has 2 rings (SSSR count). The van der Waals surface area contributed by atoms with E-state index in [1.807, 2.05) is 24.3 Å². The van der Waals surface area contributed by atoms with Crippen molar-refractivity contribution < 1.29 is 4.74 Å². The third-order valence-electron chi connectivity index (χ3n) is 3.11. The molecule has 0 unspecified atom stereocenters. The van der Waals surface area contributed by atoms with Crippen LogP contribution in [0.15, 0.2) is 41.5 Å². The van der Waals surface area contributed by atoms with Gasteiger partial charge in [-0.15, -0.1) is 0 Å². The highest BCUT2D eigenvalue weighted by Crippen LogP contribution is 2.17. The van der Waals surface area contributed by atoms with E-state index in [1.165, 1.54) is 0 Å². The number of aromatic nitrogens is 2. The van der Waals surface area contributed by atoms with Gasteiger partial charge < -0.3 is 14.6 Å². The Labute approximate surface area is 124 Å². The summed E-state index contributed by atoms with van der Waals surface area (Å²) in [6, 6.07) is 7.71. The van der Waals surface area contributed by atoms with Gasteiger partial charge >= 0.3 is 0 Å². The average Bonchev–Trinajstić information content (AvgIpc) is 2.48. The van der Waals surface area contributed by atoms with Crippen molar-refractivity contribution >= 4 is 5.82 Å². The first-order chi connectivity index (χ1) is 10.1. The number of nitrogens with one attached hydrogen (secondary N) is 1. The van der Waals surface area contributed by atoms with Crippen LogP contribution in [0.3, 0.4) is 0 Å². The molecule has 1 heterocycles. The summed E-state index contributed by atoms with van der Waals surface area (Å²) in [5, 5.41) is 3.09. The lowest BCUT2D eigenvalue weighted by Crippen LogP contribution is -2.25. The molecule has 0 radical (unpaired) electrons. The van der Waals surface area contributed by atoms with Gasteiger partial charge in [0.1, 0.15) is 5.75 Å². The predicted octanol–water partition coefficient (Wildman–Crippen LogP) is 2.52. The number of nitrogens with zero attached hydrogens (tertiary/aromatic N) is 2. The molecular formula is C16H21N3O2. The SMILES string of the molecule is COc1ccccc1CNc1nccn(CC(C)C)c1=O. The monoisotopic (exact) mass is 287 g/mol. The quantitative estimate of drug-likeness (QED) is 0.887. The second-order valence-electron chi connectivity index (χ2n) is 5.29. The van der Waals surface area contributed by atoms with Crippen molar-refractivity contribution in [1.82, 2.24) is 9.55 Å². The van der Waals surface area contributed by atoms with Crippen LogP contribution in [0.1, 0.15) is 19.4 Å². The maximum absolute atomic E-state index is 12.3. The van der Waals surface area contributed by atoms with Crippen molar-refractivity contribution in [3.8, 4) is 5.75 Å². The van der Waals surface area contributed by atoms with Crippen molar-refractivity contribution in [2.45, 2.75) is 26.9 Å². The van der Waals surface area contributed by atoms with Gasteiger partial charge in [-0.05, 0) is 12.0 Å². The Morgan fingerprint density at radius 1 is 1.33 bits per heavy atom. The van der Waals surface area contributed by atoms with Crippen molar-refractivity contribution in [2.75, 3.05) is 12.4 Å². The van der Waals surface area contributed by atoms with Gasteiger partial charge in [0.15, 0.2) is 5.82 Å². The molecule has 0 aliphatic carbocycles. The molecule has 0 fully saturated rings. The van der Waals surface area contributed by atoms with E-state index in [0.717, 1.165) is 11.3 Å². The molecule has 2 aromatic rings. The Morgan fingerprint density at radius 2 is 2.10 bits per heavy atom. The number of rotatable bonds is 6. The number of benzene rings is 1. The molecule has 1 aromatic heterocycles. The molecule has 5 heteroatoms. The first-order valence-electron chi connectivity index (χ1n) is 7.03. The lowest BCUT2D eigenvalue weighted by Gasteiger charge is -2.12. The highest BCUT2D eigenvalue weighted by molar-refractivity contribution is 5.38. The number of para-hydroxylation sites is 1. The number of anilines is 1. The lowest BCUT2D eigenvalue weighted by molar-refractivity contribution is 0.410. The van der Waals surface area contributed by atoms with Crippen LogP contribution in [-0.4, -0.2) is 16.7 Å². The standard InChI is InChI=1S/C16H21N3O2/c1-12(2)11-19-9-8-17-15(16(19)20)18-10-13-6-4-5-7-14(13)21-3/h4-9,12H,10-11H2,1-3H3,(H,17,18). The van der Waals surface area contributed by atoms with Gasteiger partial charge in [-0.3, -0.25) is 4.79 Å². The molecule has 5 nitrogen and oxygen atoms in total. The van der Waals surface area contributed by atoms with Crippen LogP contribution in [0.5, 0.6) is 5.75 Å². The molecule has 0 saturated carbocycles. The minimum absolute atomic E-state index is 0.0962. The van der Waals surface area contributed by atoms with Gasteiger partial charge in [-0.2, -0.15) is 0 Å². The number of hydrogen-bond acceptors (Lipinski definition) is 4. The van der Waals surface area contributed by atoms with E-state index >= 15 is 0 Å². The van der Waals surface area contributed by atoms with Crippen LogP contribution in [0.25, 0.3) is 0 Å². The molecule has 0 bridgehead atoms. The van der Waals surface area contributed by atoms with Gasteiger partial charge in [-0.25, -0.2) is 4.98 Å². The van der Waals surface area contributed by atoms with E-state index < -0.39 is 0 Å². The topological polar surface area (TPSA) is 56.1 Å². The Bertz CT molecular complexity index is 650. The Kier molecular flexibility index (Phi) is 4.98. The van der Waals surface area contributed by atoms with E-state index in [1.54, 1.807) is 24.1 Å². The molecule has 0 aliphatic heterocycles. The minimum Gasteiger partial charge on any atom is -0.496 e. The van der Waals surface area contributed by atoms with E-state index in [0.29, 0.717) is 24.8 Å². The summed E-state index contributed by atoms with van der Waals surface area (Å²) in [4.78, 5) is 16.4. The van der Waals surface area contributed by atoms with Crippen LogP contribution in [0, 0.1) is 5.92 Å². The van der Waals surface area contributed by atoms with Crippen LogP contribution in [0.4, 0.5) is 5.82 Å². The number of methoxy groups -OCH3 is 1. The summed E-state index contributed by atoms with van der Waals surface area (Å²) in [5.41, 5.74) is 0.890. The van der Waals surface area contributed by atoms with Gasteiger partial charge in [0.2, 0.25) is 0 Å². The molecular weight excluding hydrogens is 266 g/mol. The normalized spacial score (nSPS) is 10.7. The third kappa shape index (κ3) is 3.84. The molecule has 1 N–H and O–H groups in total. The molecule has 0 amide bonds. The largest absolute Gasteiger partial charge is 0.496 e. The molecule has 1 aromatic carbocycles. The molecule has 0 atom stereocenters. The molecule has 0 aliphatic rings. The molecule has 21 heavy (non-hydrogen) atoms. The van der Waals surface area contributed by atoms with Crippen LogP contribution < -0.4 is 15.6 Å². The maximum atomic E-state index is 12.3. The van der Waals surface area contributed by atoms with Crippen LogP contribution >= 0.6 is 0 Å². The van der Waals surface area contributed by atoms with E-state index in [9.17, 15) is 4.79 Å². The van der Waals surface area contributed by atoms with Gasteiger partial charge in [0.25, 0.3) is 5.56 Å². The summed E-state index contributed by atoms with van der Waals surface area (Å²) in [6.07, 6.45) is 3.37. The minimum atomic E-state index is -0.0962. The predicted molar refractivity (Wildman–Crippen MR) is 83.7 cm³/mol. The van der Waals surface area contributed by atoms with Crippen LogP contribution in [0.2, 0.25) is 0 Å². The summed E-state index contributed by atoms with van der Waals surface area (Å²) in [5.74, 6) is 1.57. The molecule has 0 spiro atoms. The zero-order valence-corrected chi connectivity index (χ0v) is 12.7. The zero-order valence-electron chi connectivity index (χ0n) is 12.7. The van der Waals surface area contributed by atoms with Crippen LogP contribution in [-0.2, 0) is 13.1 Å². The first kappa shape index (κ1) is 15.1. The second-order valence-corrected chi connectivity index (χ2v) is 5.29. The summed E-state index contributed by atoms with van der Waals surface area (Å²) in [7, 11) is 1.63. The Balaban J connectivity index is 2.15. The smallest absolute Gasteiger partial charge is 0.293 e. The number of hydrogen-bond donors (Lipinski definition) is 1. The van der Waals surface area contributed by atoms with Crippen molar-refractivity contribution in [1.29, 1.82) is 0 Å². The average molecular weight is 287 g/mol. The highest BCUT2D eigenvalue weighted by atomic mass is 16.5. The number of ether oxygens (including phenoxy) is 1. The Morgan fingerprint density at radius 3 is 2.81 bits per heavy atom. The fourth-order valence-corrected chi connectivity index (χ4v) is 2.13. The van der Waals surface area contributed by atoms with Gasteiger partial charge in [-0.1, -0.05) is 32.0 Å². The van der Waals surface area contributed by atoms with Gasteiger partial charge in [0, 0.05) is 31.0 Å². The molecule has 0 saturated heterocycles. The van der Waals surface area contributed by atoms with Crippen molar-refractivity contribution in [3.63, 3.8) is 0 Å². The van der Waals surface area contributed by atoms with Crippen molar-refractivity contribution in [2.24, 2.45) is 5.92 Å². The van der Waals surface area contributed by atoms with Crippen molar-refractivity contribution in [3.05, 3.63) is 52.6 Å². The third-order valence-corrected chi connectivity index (χ3v) is 3.11. The molecule has 112 valence electrons. The summed E-state index contributed by atoms with van der Waals surface area (Å²) >= 11 is 0. The fourth-order valence-electron chi connectivity index (χ4n) is 2.13. The van der Waals surface area contributed by atoms with E-state index in [4.69, 9.17) is 4.74 Å². The lowest BCUT2D eigenvalue weighted by atomic mass is 10.2. The van der Waals surface area contributed by atoms with E-state index in [-0.39, 0.29) is 5.56 Å². The Hall–Kier alpha value is -2.30. The fraction of sp³-hybridized carbons (Fsp3) is 0.375. The van der Waals surface area contributed by atoms with E-state index in [2.05, 4.69) is 24.1 Å². The first-order valence-corrected chi connectivity index (χ1v) is 7.03. The summed E-state index contributed by atoms with van der Waals surface area (Å²) in [6.45, 7) is 5.34. The maximum Gasteiger partial charge on any atom is 0.293 e.